The van der Waals surface area contributed by atoms with Crippen molar-refractivity contribution in [2.45, 2.75) is 32.2 Å². The second-order valence-corrected chi connectivity index (χ2v) is 7.67. The Balaban J connectivity index is 2.03. The van der Waals surface area contributed by atoms with Gasteiger partial charge in [0.05, 0.1) is 17.8 Å². The third-order valence-electron chi connectivity index (χ3n) is 3.55. The van der Waals surface area contributed by atoms with Gasteiger partial charge in [-0.3, -0.25) is 0 Å². The number of anilines is 1. The van der Waals surface area contributed by atoms with Crippen molar-refractivity contribution in [3.05, 3.63) is 40.0 Å². The third-order valence-corrected chi connectivity index (χ3v) is 5.55. The number of benzene rings is 1. The Morgan fingerprint density at radius 3 is 2.81 bits per heavy atom. The molecule has 0 aliphatic carbocycles. The monoisotopic (exact) mass is 317 g/mol. The van der Waals surface area contributed by atoms with Crippen molar-refractivity contribution in [1.82, 2.24) is 9.55 Å². The summed E-state index contributed by atoms with van der Waals surface area (Å²) >= 11 is 3.61. The number of aryl methyl sites for hydroxylation is 2. The standard InChI is InChI=1S/C16H19N3S2/c1-4-20-15-8-12(17)7-14-13(15)5-6-19(14)9-16-18-10(2)11(3)21-16/h5-8H,4,9,17H2,1-3H3. The fourth-order valence-corrected chi connectivity index (χ4v) is 4.24. The largest absolute Gasteiger partial charge is 0.399 e. The van der Waals surface area contributed by atoms with E-state index in [2.05, 4.69) is 54.7 Å². The van der Waals surface area contributed by atoms with Crippen molar-refractivity contribution in [3.8, 4) is 0 Å². The molecule has 2 N–H and O–H groups in total. The summed E-state index contributed by atoms with van der Waals surface area (Å²) in [7, 11) is 0. The number of thiazole rings is 1. The van der Waals surface area contributed by atoms with Gasteiger partial charge in [-0.2, -0.15) is 0 Å². The van der Waals surface area contributed by atoms with Crippen molar-refractivity contribution < 1.29 is 0 Å². The summed E-state index contributed by atoms with van der Waals surface area (Å²) in [4.78, 5) is 7.19. The van der Waals surface area contributed by atoms with Crippen molar-refractivity contribution in [2.24, 2.45) is 0 Å². The van der Waals surface area contributed by atoms with Crippen molar-refractivity contribution in [1.29, 1.82) is 0 Å². The summed E-state index contributed by atoms with van der Waals surface area (Å²) in [6.07, 6.45) is 2.13. The van der Waals surface area contributed by atoms with Gasteiger partial charge in [-0.05, 0) is 37.8 Å². The molecule has 0 aliphatic heterocycles. The Hall–Kier alpha value is -1.46. The van der Waals surface area contributed by atoms with E-state index >= 15 is 0 Å². The van der Waals surface area contributed by atoms with Gasteiger partial charge < -0.3 is 10.3 Å². The van der Waals surface area contributed by atoms with Crippen LogP contribution in [0.1, 0.15) is 22.5 Å². The minimum atomic E-state index is 0.808. The predicted octanol–water partition coefficient (Wildman–Crippen LogP) is 4.46. The molecule has 3 rings (SSSR count). The molecule has 0 amide bonds. The molecule has 0 radical (unpaired) electrons. The number of thioether (sulfide) groups is 1. The summed E-state index contributed by atoms with van der Waals surface area (Å²) in [5, 5.41) is 2.43. The van der Waals surface area contributed by atoms with Crippen LogP contribution in [0.15, 0.2) is 29.3 Å². The van der Waals surface area contributed by atoms with E-state index in [0.717, 1.165) is 28.7 Å². The van der Waals surface area contributed by atoms with E-state index in [-0.39, 0.29) is 0 Å². The van der Waals surface area contributed by atoms with E-state index in [4.69, 9.17) is 5.73 Å². The van der Waals surface area contributed by atoms with E-state index in [1.807, 2.05) is 11.8 Å². The van der Waals surface area contributed by atoms with Crippen LogP contribution in [0.3, 0.4) is 0 Å². The number of hydrogen-bond donors (Lipinski definition) is 1. The van der Waals surface area contributed by atoms with Gasteiger partial charge in [-0.25, -0.2) is 4.98 Å². The molecule has 3 aromatic rings. The van der Waals surface area contributed by atoms with Crippen LogP contribution in [0.2, 0.25) is 0 Å². The zero-order valence-corrected chi connectivity index (χ0v) is 14.1. The lowest BCUT2D eigenvalue weighted by atomic mass is 10.2. The lowest BCUT2D eigenvalue weighted by Gasteiger charge is -2.07. The molecule has 0 unspecified atom stereocenters. The Bertz CT molecular complexity index is 767. The lowest BCUT2D eigenvalue weighted by Crippen LogP contribution is -1.98. The molecule has 21 heavy (non-hydrogen) atoms. The van der Waals surface area contributed by atoms with Crippen LogP contribution in [0, 0.1) is 13.8 Å². The Morgan fingerprint density at radius 1 is 1.33 bits per heavy atom. The van der Waals surface area contributed by atoms with Gasteiger partial charge in [-0.1, -0.05) is 6.92 Å². The zero-order chi connectivity index (χ0) is 15.0. The minimum Gasteiger partial charge on any atom is -0.399 e. The van der Waals surface area contributed by atoms with E-state index in [1.165, 1.54) is 20.7 Å². The van der Waals surface area contributed by atoms with Crippen LogP contribution in [-0.4, -0.2) is 15.3 Å². The van der Waals surface area contributed by atoms with Gasteiger partial charge in [0.15, 0.2) is 0 Å². The van der Waals surface area contributed by atoms with E-state index < -0.39 is 0 Å². The summed E-state index contributed by atoms with van der Waals surface area (Å²) < 4.78 is 2.24. The molecular formula is C16H19N3S2. The molecular weight excluding hydrogens is 298 g/mol. The van der Waals surface area contributed by atoms with Crippen LogP contribution in [0.25, 0.3) is 10.9 Å². The van der Waals surface area contributed by atoms with Crippen LogP contribution in [0.4, 0.5) is 5.69 Å². The van der Waals surface area contributed by atoms with E-state index in [9.17, 15) is 0 Å². The number of nitrogen functional groups attached to an aromatic ring is 1. The number of nitrogens with zero attached hydrogens (tertiary/aromatic N) is 2. The summed E-state index contributed by atoms with van der Waals surface area (Å²) in [5.74, 6) is 1.05. The molecule has 110 valence electrons. The normalized spacial score (nSPS) is 11.4. The smallest absolute Gasteiger partial charge is 0.113 e. The first kappa shape index (κ1) is 14.5. The minimum absolute atomic E-state index is 0.808. The maximum Gasteiger partial charge on any atom is 0.113 e. The number of hydrogen-bond acceptors (Lipinski definition) is 4. The highest BCUT2D eigenvalue weighted by molar-refractivity contribution is 7.99. The van der Waals surface area contributed by atoms with Crippen LogP contribution in [-0.2, 0) is 6.54 Å². The van der Waals surface area contributed by atoms with Crippen molar-refractivity contribution in [3.63, 3.8) is 0 Å². The SMILES string of the molecule is CCSc1cc(N)cc2c1ccn2Cc1nc(C)c(C)s1. The maximum absolute atomic E-state index is 6.06. The van der Waals surface area contributed by atoms with Gasteiger partial charge in [0, 0.05) is 27.0 Å². The molecule has 0 aliphatic rings. The quantitative estimate of drug-likeness (QED) is 0.571. The Labute approximate surface area is 133 Å². The van der Waals surface area contributed by atoms with Gasteiger partial charge in [0.1, 0.15) is 5.01 Å². The average Bonchev–Trinajstić information content (AvgIpc) is 2.95. The highest BCUT2D eigenvalue weighted by atomic mass is 32.2. The van der Waals surface area contributed by atoms with Gasteiger partial charge in [-0.15, -0.1) is 23.1 Å². The number of nitrogens with two attached hydrogens (primary N) is 1. The summed E-state index contributed by atoms with van der Waals surface area (Å²) in [6, 6.07) is 6.31. The molecule has 0 saturated carbocycles. The fourth-order valence-electron chi connectivity index (χ4n) is 2.45. The van der Waals surface area contributed by atoms with Gasteiger partial charge in [0.25, 0.3) is 0 Å². The third kappa shape index (κ3) is 2.80. The Kier molecular flexibility index (Phi) is 3.95. The molecule has 2 heterocycles. The Morgan fingerprint density at radius 2 is 2.14 bits per heavy atom. The predicted molar refractivity (Wildman–Crippen MR) is 93.4 cm³/mol. The average molecular weight is 317 g/mol. The summed E-state index contributed by atoms with van der Waals surface area (Å²) in [5.41, 5.74) is 9.21. The first-order valence-electron chi connectivity index (χ1n) is 7.02. The molecule has 5 heteroatoms. The first-order chi connectivity index (χ1) is 10.1. The molecule has 0 spiro atoms. The van der Waals surface area contributed by atoms with E-state index in [0.29, 0.717) is 0 Å². The van der Waals surface area contributed by atoms with Gasteiger partial charge in [0.2, 0.25) is 0 Å². The van der Waals surface area contributed by atoms with Crippen LogP contribution in [0.5, 0.6) is 0 Å². The van der Waals surface area contributed by atoms with Crippen molar-refractivity contribution >= 4 is 39.7 Å². The number of rotatable bonds is 4. The molecule has 0 saturated heterocycles. The van der Waals surface area contributed by atoms with Crippen LogP contribution >= 0.6 is 23.1 Å². The van der Waals surface area contributed by atoms with Crippen LogP contribution < -0.4 is 5.73 Å². The topological polar surface area (TPSA) is 43.8 Å². The highest BCUT2D eigenvalue weighted by Gasteiger charge is 2.10. The second kappa shape index (κ2) is 5.73. The molecule has 1 aromatic carbocycles. The molecule has 2 aromatic heterocycles. The zero-order valence-electron chi connectivity index (χ0n) is 12.5. The molecule has 0 bridgehead atoms. The highest BCUT2D eigenvalue weighted by Crippen LogP contribution is 2.32. The van der Waals surface area contributed by atoms with E-state index in [1.54, 1.807) is 11.3 Å². The number of fused-ring (bicyclic) bond motifs is 1. The second-order valence-electron chi connectivity index (χ2n) is 5.08. The molecule has 3 nitrogen and oxygen atoms in total. The molecule has 0 atom stereocenters. The fraction of sp³-hybridized carbons (Fsp3) is 0.312. The van der Waals surface area contributed by atoms with Crippen molar-refractivity contribution in [2.75, 3.05) is 11.5 Å². The lowest BCUT2D eigenvalue weighted by molar-refractivity contribution is 0.824. The molecule has 0 fully saturated rings. The first-order valence-corrected chi connectivity index (χ1v) is 8.82. The maximum atomic E-state index is 6.06. The summed E-state index contributed by atoms with van der Waals surface area (Å²) in [6.45, 7) is 7.16. The number of aromatic nitrogens is 2. The van der Waals surface area contributed by atoms with Gasteiger partial charge >= 0.3 is 0 Å².